The van der Waals surface area contributed by atoms with Crippen LogP contribution < -0.4 is 0 Å². The number of aliphatic hydroxyl groups is 1. The molecule has 23 heavy (non-hydrogen) atoms. The summed E-state index contributed by atoms with van der Waals surface area (Å²) in [6.07, 6.45) is 2.51. The van der Waals surface area contributed by atoms with E-state index in [1.165, 1.54) is 18.4 Å². The molecule has 4 nitrogen and oxygen atoms in total. The van der Waals surface area contributed by atoms with Crippen LogP contribution in [-0.2, 0) is 0 Å². The van der Waals surface area contributed by atoms with Crippen molar-refractivity contribution in [1.82, 2.24) is 9.80 Å². The fraction of sp³-hybridized carbons (Fsp3) is 0.632. The van der Waals surface area contributed by atoms with Gasteiger partial charge in [-0.15, -0.1) is 0 Å². The first-order chi connectivity index (χ1) is 11.1. The van der Waals surface area contributed by atoms with Gasteiger partial charge in [-0.25, -0.2) is 4.99 Å². The summed E-state index contributed by atoms with van der Waals surface area (Å²) in [5, 5.41) is 9.70. The Morgan fingerprint density at radius 1 is 1.22 bits per heavy atom. The van der Waals surface area contributed by atoms with Gasteiger partial charge >= 0.3 is 0 Å². The first-order valence-electron chi connectivity index (χ1n) is 8.88. The number of fused-ring (bicyclic) bond motifs is 1. The summed E-state index contributed by atoms with van der Waals surface area (Å²) in [5.74, 6) is 1.44. The topological polar surface area (TPSA) is 39.1 Å². The second kappa shape index (κ2) is 6.91. The van der Waals surface area contributed by atoms with Crippen molar-refractivity contribution in [2.75, 3.05) is 19.7 Å². The van der Waals surface area contributed by atoms with Crippen LogP contribution in [0.3, 0.4) is 0 Å². The zero-order valence-electron chi connectivity index (χ0n) is 14.5. The molecule has 0 saturated carbocycles. The molecule has 2 aliphatic rings. The van der Waals surface area contributed by atoms with Gasteiger partial charge in [0, 0.05) is 19.1 Å². The summed E-state index contributed by atoms with van der Waals surface area (Å²) in [6.45, 7) is 8.78. The molecule has 2 fully saturated rings. The van der Waals surface area contributed by atoms with Crippen LogP contribution in [-0.4, -0.2) is 52.6 Å². The summed E-state index contributed by atoms with van der Waals surface area (Å²) in [6, 6.07) is 11.5. The molecule has 0 aliphatic carbocycles. The lowest BCUT2D eigenvalue weighted by Crippen LogP contribution is -2.37. The van der Waals surface area contributed by atoms with Crippen LogP contribution in [0.15, 0.2) is 35.3 Å². The molecule has 0 unspecified atom stereocenters. The first-order valence-corrected chi connectivity index (χ1v) is 8.88. The van der Waals surface area contributed by atoms with Gasteiger partial charge in [-0.05, 0) is 31.2 Å². The Bertz CT molecular complexity index is 543. The van der Waals surface area contributed by atoms with E-state index in [1.807, 2.05) is 0 Å². The van der Waals surface area contributed by atoms with E-state index in [0.717, 1.165) is 19.0 Å². The van der Waals surface area contributed by atoms with Crippen LogP contribution in [0.1, 0.15) is 45.2 Å². The Morgan fingerprint density at radius 2 is 1.96 bits per heavy atom. The van der Waals surface area contributed by atoms with Gasteiger partial charge in [0.25, 0.3) is 0 Å². The van der Waals surface area contributed by atoms with E-state index >= 15 is 0 Å². The largest absolute Gasteiger partial charge is 0.394 e. The predicted octanol–water partition coefficient (Wildman–Crippen LogP) is 2.90. The van der Waals surface area contributed by atoms with E-state index in [0.29, 0.717) is 18.0 Å². The molecule has 4 heteroatoms. The van der Waals surface area contributed by atoms with Crippen LogP contribution in [0.4, 0.5) is 0 Å². The van der Waals surface area contributed by atoms with Crippen molar-refractivity contribution in [2.24, 2.45) is 10.9 Å². The van der Waals surface area contributed by atoms with E-state index in [1.54, 1.807) is 0 Å². The van der Waals surface area contributed by atoms with E-state index in [9.17, 15) is 5.11 Å². The summed E-state index contributed by atoms with van der Waals surface area (Å²) < 4.78 is 0. The quantitative estimate of drug-likeness (QED) is 0.908. The summed E-state index contributed by atoms with van der Waals surface area (Å²) in [4.78, 5) is 9.88. The Balaban J connectivity index is 1.90. The Kier molecular flexibility index (Phi) is 4.90. The highest BCUT2D eigenvalue weighted by Gasteiger charge is 2.40. The zero-order valence-corrected chi connectivity index (χ0v) is 14.5. The van der Waals surface area contributed by atoms with Gasteiger partial charge in [0.15, 0.2) is 5.96 Å². The molecule has 2 heterocycles. The van der Waals surface area contributed by atoms with Gasteiger partial charge in [0.05, 0.1) is 18.7 Å². The van der Waals surface area contributed by atoms with Crippen molar-refractivity contribution < 1.29 is 5.11 Å². The molecule has 0 amide bonds. The molecule has 0 spiro atoms. The summed E-state index contributed by atoms with van der Waals surface area (Å²) in [5.41, 5.74) is 1.33. The van der Waals surface area contributed by atoms with Crippen LogP contribution in [0, 0.1) is 5.92 Å². The van der Waals surface area contributed by atoms with Crippen LogP contribution in [0.2, 0.25) is 0 Å². The second-order valence-corrected chi connectivity index (χ2v) is 7.15. The second-order valence-electron chi connectivity index (χ2n) is 7.15. The summed E-state index contributed by atoms with van der Waals surface area (Å²) >= 11 is 0. The maximum Gasteiger partial charge on any atom is 0.197 e. The average molecular weight is 315 g/mol. The SMILES string of the molecule is CC(C)[C@H](CO)N=C1N2CCC[C@H]2CN1[C@@H](C)c1ccccc1. The van der Waals surface area contributed by atoms with Gasteiger partial charge in [0.2, 0.25) is 0 Å². The molecule has 1 aromatic rings. The third kappa shape index (κ3) is 3.23. The molecule has 3 atom stereocenters. The average Bonchev–Trinajstić information content (AvgIpc) is 3.14. The van der Waals surface area contributed by atoms with Gasteiger partial charge in [-0.1, -0.05) is 44.2 Å². The number of hydrogen-bond acceptors (Lipinski definition) is 2. The highest BCUT2D eigenvalue weighted by molar-refractivity contribution is 5.83. The maximum absolute atomic E-state index is 9.70. The molecule has 1 aromatic carbocycles. The Labute approximate surface area is 139 Å². The number of nitrogens with zero attached hydrogens (tertiary/aromatic N) is 3. The van der Waals surface area contributed by atoms with E-state index in [4.69, 9.17) is 4.99 Å². The number of aliphatic imine (C=N–C) groups is 1. The number of benzene rings is 1. The monoisotopic (exact) mass is 315 g/mol. The molecular weight excluding hydrogens is 286 g/mol. The molecule has 0 bridgehead atoms. The predicted molar refractivity (Wildman–Crippen MR) is 94.4 cm³/mol. The molecular formula is C19H29N3O. The fourth-order valence-corrected chi connectivity index (χ4v) is 3.70. The normalized spacial score (nSPS) is 25.3. The van der Waals surface area contributed by atoms with Crippen molar-refractivity contribution in [3.8, 4) is 0 Å². The third-order valence-electron chi connectivity index (χ3n) is 5.29. The first kappa shape index (κ1) is 16.3. The number of hydrogen-bond donors (Lipinski definition) is 1. The molecule has 126 valence electrons. The molecule has 3 rings (SSSR count). The van der Waals surface area contributed by atoms with Crippen molar-refractivity contribution in [3.05, 3.63) is 35.9 Å². The minimum Gasteiger partial charge on any atom is -0.394 e. The number of rotatable bonds is 5. The highest BCUT2D eigenvalue weighted by Crippen LogP contribution is 2.33. The minimum absolute atomic E-state index is 0.0187. The van der Waals surface area contributed by atoms with Crippen molar-refractivity contribution in [1.29, 1.82) is 0 Å². The van der Waals surface area contributed by atoms with Crippen molar-refractivity contribution >= 4 is 5.96 Å². The Morgan fingerprint density at radius 3 is 2.61 bits per heavy atom. The lowest BCUT2D eigenvalue weighted by atomic mass is 10.1. The lowest BCUT2D eigenvalue weighted by Gasteiger charge is -2.30. The zero-order chi connectivity index (χ0) is 16.4. The van der Waals surface area contributed by atoms with E-state index < -0.39 is 0 Å². The highest BCUT2D eigenvalue weighted by atomic mass is 16.3. The van der Waals surface area contributed by atoms with Gasteiger partial charge in [-0.2, -0.15) is 0 Å². The molecule has 1 N–H and O–H groups in total. The smallest absolute Gasteiger partial charge is 0.197 e. The van der Waals surface area contributed by atoms with Crippen molar-refractivity contribution in [3.63, 3.8) is 0 Å². The van der Waals surface area contributed by atoms with Gasteiger partial charge < -0.3 is 14.9 Å². The number of aliphatic hydroxyl groups excluding tert-OH is 1. The summed E-state index contributed by atoms with van der Waals surface area (Å²) in [7, 11) is 0. The Hall–Kier alpha value is -1.55. The molecule has 2 aliphatic heterocycles. The van der Waals surface area contributed by atoms with Crippen LogP contribution in [0.5, 0.6) is 0 Å². The van der Waals surface area contributed by atoms with E-state index in [-0.39, 0.29) is 12.6 Å². The maximum atomic E-state index is 9.70. The number of guanidine groups is 1. The standard InChI is InChI=1S/C19H29N3O/c1-14(2)18(13-23)20-19-21-11-7-10-17(21)12-22(19)15(3)16-8-5-4-6-9-16/h4-6,8-9,14-15,17-18,23H,7,10-13H2,1-3H3/t15-,17-,18-/m0/s1. The fourth-order valence-electron chi connectivity index (χ4n) is 3.70. The lowest BCUT2D eigenvalue weighted by molar-refractivity contribution is 0.236. The minimum atomic E-state index is -0.0187. The van der Waals surface area contributed by atoms with Crippen LogP contribution >= 0.6 is 0 Å². The van der Waals surface area contributed by atoms with E-state index in [2.05, 4.69) is 60.9 Å². The molecule has 0 aromatic heterocycles. The molecule has 2 saturated heterocycles. The van der Waals surface area contributed by atoms with Crippen molar-refractivity contribution in [2.45, 2.75) is 51.7 Å². The third-order valence-corrected chi connectivity index (χ3v) is 5.29. The van der Waals surface area contributed by atoms with Crippen LogP contribution in [0.25, 0.3) is 0 Å². The molecule has 0 radical (unpaired) electrons. The van der Waals surface area contributed by atoms with Gasteiger partial charge in [-0.3, -0.25) is 0 Å². The van der Waals surface area contributed by atoms with Gasteiger partial charge in [0.1, 0.15) is 0 Å².